The van der Waals surface area contributed by atoms with Gasteiger partial charge in [-0.1, -0.05) is 11.6 Å². The first-order valence-corrected chi connectivity index (χ1v) is 7.66. The van der Waals surface area contributed by atoms with Crippen LogP contribution in [0.1, 0.15) is 24.4 Å². The van der Waals surface area contributed by atoms with Gasteiger partial charge in [0.25, 0.3) is 0 Å². The van der Waals surface area contributed by atoms with Gasteiger partial charge in [-0.25, -0.2) is 9.97 Å². The Morgan fingerprint density at radius 3 is 3.00 bits per heavy atom. The standard InChI is InChI=1S/C13H11Cl2N3S/c1-8(9-2-3-19-7-9)18-12(5-14)17-11-4-10(15)6-16-13(11)18/h2-4,6-8H,5H2,1H3. The summed E-state index contributed by atoms with van der Waals surface area (Å²) in [6, 6.07) is 4.07. The van der Waals surface area contributed by atoms with E-state index in [1.807, 2.05) is 6.07 Å². The maximum Gasteiger partial charge on any atom is 0.160 e. The van der Waals surface area contributed by atoms with Crippen molar-refractivity contribution in [1.82, 2.24) is 14.5 Å². The molecule has 19 heavy (non-hydrogen) atoms. The molecule has 98 valence electrons. The summed E-state index contributed by atoms with van der Waals surface area (Å²) in [5, 5.41) is 4.78. The van der Waals surface area contributed by atoms with E-state index in [9.17, 15) is 0 Å². The SMILES string of the molecule is CC(c1ccsc1)n1c(CCl)nc2cc(Cl)cnc21. The monoisotopic (exact) mass is 311 g/mol. The van der Waals surface area contributed by atoms with Crippen molar-refractivity contribution >= 4 is 45.7 Å². The van der Waals surface area contributed by atoms with Crippen LogP contribution < -0.4 is 0 Å². The van der Waals surface area contributed by atoms with Gasteiger partial charge in [0.2, 0.25) is 0 Å². The van der Waals surface area contributed by atoms with Crippen LogP contribution >= 0.6 is 34.5 Å². The van der Waals surface area contributed by atoms with Crippen LogP contribution in [0, 0.1) is 0 Å². The number of hydrogen-bond donors (Lipinski definition) is 0. The maximum atomic E-state index is 6.01. The fraction of sp³-hybridized carbons (Fsp3) is 0.231. The zero-order valence-corrected chi connectivity index (χ0v) is 12.5. The summed E-state index contributed by atoms with van der Waals surface area (Å²) >= 11 is 13.6. The lowest BCUT2D eigenvalue weighted by molar-refractivity contribution is 0.631. The number of rotatable bonds is 3. The molecule has 3 aromatic rings. The smallest absolute Gasteiger partial charge is 0.160 e. The number of fused-ring (bicyclic) bond motifs is 1. The Bertz CT molecular complexity index is 706. The third-order valence-electron chi connectivity index (χ3n) is 3.10. The molecule has 0 bridgehead atoms. The lowest BCUT2D eigenvalue weighted by atomic mass is 10.2. The molecule has 3 nitrogen and oxygen atoms in total. The van der Waals surface area contributed by atoms with Crippen molar-refractivity contribution in [2.75, 3.05) is 0 Å². The number of pyridine rings is 1. The number of alkyl halides is 1. The molecule has 0 aromatic carbocycles. The van der Waals surface area contributed by atoms with Crippen LogP contribution in [0.2, 0.25) is 5.02 Å². The summed E-state index contributed by atoms with van der Waals surface area (Å²) in [4.78, 5) is 8.90. The number of aromatic nitrogens is 3. The zero-order chi connectivity index (χ0) is 13.4. The van der Waals surface area contributed by atoms with Crippen molar-refractivity contribution in [3.63, 3.8) is 0 Å². The number of halogens is 2. The molecular formula is C13H11Cl2N3S. The normalized spacial score (nSPS) is 13.0. The summed E-state index contributed by atoms with van der Waals surface area (Å²) in [5.74, 6) is 1.16. The van der Waals surface area contributed by atoms with E-state index in [4.69, 9.17) is 23.2 Å². The molecular weight excluding hydrogens is 301 g/mol. The molecule has 0 radical (unpaired) electrons. The van der Waals surface area contributed by atoms with Gasteiger partial charge in [0.05, 0.1) is 16.9 Å². The molecule has 3 aromatic heterocycles. The van der Waals surface area contributed by atoms with E-state index in [-0.39, 0.29) is 6.04 Å². The number of thiophene rings is 1. The average Bonchev–Trinajstić information content (AvgIpc) is 3.04. The van der Waals surface area contributed by atoms with Gasteiger partial charge in [-0.15, -0.1) is 11.6 Å². The van der Waals surface area contributed by atoms with Gasteiger partial charge in [0.1, 0.15) is 11.3 Å². The van der Waals surface area contributed by atoms with E-state index in [0.717, 1.165) is 17.0 Å². The summed E-state index contributed by atoms with van der Waals surface area (Å²) in [7, 11) is 0. The second-order valence-corrected chi connectivity index (χ2v) is 5.74. The van der Waals surface area contributed by atoms with Gasteiger partial charge in [-0.2, -0.15) is 11.3 Å². The Morgan fingerprint density at radius 1 is 1.47 bits per heavy atom. The Morgan fingerprint density at radius 2 is 2.32 bits per heavy atom. The third kappa shape index (κ3) is 2.24. The van der Waals surface area contributed by atoms with Gasteiger partial charge in [0, 0.05) is 6.20 Å². The molecule has 3 heterocycles. The lowest BCUT2D eigenvalue weighted by Gasteiger charge is -2.15. The van der Waals surface area contributed by atoms with Gasteiger partial charge in [0.15, 0.2) is 5.65 Å². The fourth-order valence-electron chi connectivity index (χ4n) is 2.17. The number of imidazole rings is 1. The van der Waals surface area contributed by atoms with E-state index in [1.165, 1.54) is 5.56 Å². The first kappa shape index (κ1) is 12.9. The molecule has 1 unspecified atom stereocenters. The van der Waals surface area contributed by atoms with Gasteiger partial charge < -0.3 is 4.57 Å². The minimum absolute atomic E-state index is 0.152. The van der Waals surface area contributed by atoms with Crippen LogP contribution in [0.5, 0.6) is 0 Å². The highest BCUT2D eigenvalue weighted by atomic mass is 35.5. The molecule has 0 aliphatic rings. The van der Waals surface area contributed by atoms with Crippen LogP contribution in [0.4, 0.5) is 0 Å². The Hall–Kier alpha value is -1.10. The van der Waals surface area contributed by atoms with Gasteiger partial charge >= 0.3 is 0 Å². The Kier molecular flexibility index (Phi) is 3.48. The Balaban J connectivity index is 2.21. The van der Waals surface area contributed by atoms with E-state index in [2.05, 4.69) is 38.3 Å². The summed E-state index contributed by atoms with van der Waals surface area (Å²) in [6.45, 7) is 2.12. The van der Waals surface area contributed by atoms with E-state index < -0.39 is 0 Å². The van der Waals surface area contributed by atoms with E-state index >= 15 is 0 Å². The van der Waals surface area contributed by atoms with Crippen molar-refractivity contribution in [3.8, 4) is 0 Å². The highest BCUT2D eigenvalue weighted by molar-refractivity contribution is 7.07. The molecule has 0 saturated heterocycles. The predicted octanol–water partition coefficient (Wildman–Crippen LogP) is 4.49. The minimum Gasteiger partial charge on any atom is -0.304 e. The average molecular weight is 312 g/mol. The first-order chi connectivity index (χ1) is 9.20. The fourth-order valence-corrected chi connectivity index (χ4v) is 3.26. The second kappa shape index (κ2) is 5.12. The molecule has 0 saturated carbocycles. The van der Waals surface area contributed by atoms with Crippen LogP contribution in [-0.4, -0.2) is 14.5 Å². The quantitative estimate of drug-likeness (QED) is 0.667. The van der Waals surface area contributed by atoms with Crippen LogP contribution in [-0.2, 0) is 5.88 Å². The topological polar surface area (TPSA) is 30.7 Å². The number of hydrogen-bond acceptors (Lipinski definition) is 3. The lowest BCUT2D eigenvalue weighted by Crippen LogP contribution is -2.09. The molecule has 0 aliphatic carbocycles. The largest absolute Gasteiger partial charge is 0.304 e. The predicted molar refractivity (Wildman–Crippen MR) is 80.2 cm³/mol. The van der Waals surface area contributed by atoms with Crippen molar-refractivity contribution < 1.29 is 0 Å². The molecule has 3 rings (SSSR count). The van der Waals surface area contributed by atoms with Crippen LogP contribution in [0.25, 0.3) is 11.2 Å². The highest BCUT2D eigenvalue weighted by Crippen LogP contribution is 2.27. The first-order valence-electron chi connectivity index (χ1n) is 5.81. The van der Waals surface area contributed by atoms with Crippen molar-refractivity contribution in [2.45, 2.75) is 18.8 Å². The van der Waals surface area contributed by atoms with E-state index in [1.54, 1.807) is 17.5 Å². The van der Waals surface area contributed by atoms with Crippen LogP contribution in [0.15, 0.2) is 29.1 Å². The van der Waals surface area contributed by atoms with Gasteiger partial charge in [-0.05, 0) is 35.4 Å². The molecule has 0 N–H and O–H groups in total. The highest BCUT2D eigenvalue weighted by Gasteiger charge is 2.18. The van der Waals surface area contributed by atoms with Crippen LogP contribution in [0.3, 0.4) is 0 Å². The molecule has 0 spiro atoms. The number of nitrogens with zero attached hydrogens (tertiary/aromatic N) is 3. The summed E-state index contributed by atoms with van der Waals surface area (Å²) in [6.07, 6.45) is 1.64. The zero-order valence-electron chi connectivity index (χ0n) is 10.2. The summed E-state index contributed by atoms with van der Waals surface area (Å²) < 4.78 is 2.07. The van der Waals surface area contributed by atoms with Crippen molar-refractivity contribution in [1.29, 1.82) is 0 Å². The van der Waals surface area contributed by atoms with Crippen molar-refractivity contribution in [2.24, 2.45) is 0 Å². The molecule has 0 fully saturated rings. The van der Waals surface area contributed by atoms with Crippen molar-refractivity contribution in [3.05, 3.63) is 45.5 Å². The van der Waals surface area contributed by atoms with Gasteiger partial charge in [-0.3, -0.25) is 0 Å². The van der Waals surface area contributed by atoms with E-state index in [0.29, 0.717) is 10.9 Å². The molecule has 0 amide bonds. The molecule has 1 atom stereocenters. The minimum atomic E-state index is 0.152. The molecule has 0 aliphatic heterocycles. The second-order valence-electron chi connectivity index (χ2n) is 4.26. The molecule has 6 heteroatoms. The summed E-state index contributed by atoms with van der Waals surface area (Å²) in [5.41, 5.74) is 2.83. The third-order valence-corrected chi connectivity index (χ3v) is 4.25. The Labute approximate surface area is 124 Å². The maximum absolute atomic E-state index is 6.01.